The van der Waals surface area contributed by atoms with Crippen LogP contribution >= 0.6 is 0 Å². The molecule has 0 bridgehead atoms. The largest absolute Gasteiger partial charge is 0.467 e. The van der Waals surface area contributed by atoms with Gasteiger partial charge in [-0.2, -0.15) is 0 Å². The third kappa shape index (κ3) is 2.18. The van der Waals surface area contributed by atoms with Gasteiger partial charge in [-0.3, -0.25) is 4.79 Å². The highest BCUT2D eigenvalue weighted by Crippen LogP contribution is 2.25. The van der Waals surface area contributed by atoms with Gasteiger partial charge in [0.2, 0.25) is 0 Å². The summed E-state index contributed by atoms with van der Waals surface area (Å²) in [5, 5.41) is 0. The second-order valence-electron chi connectivity index (χ2n) is 5.16. The van der Waals surface area contributed by atoms with E-state index in [9.17, 15) is 9.59 Å². The van der Waals surface area contributed by atoms with Gasteiger partial charge in [-0.1, -0.05) is 6.07 Å². The molecule has 1 amide bonds. The Hall–Kier alpha value is -1.88. The maximum Gasteiger partial charge on any atom is 0.328 e. The quantitative estimate of drug-likeness (QED) is 0.767. The average Bonchev–Trinajstić information content (AvgIpc) is 3.13. The molecule has 1 saturated heterocycles. The Labute approximate surface area is 117 Å². The van der Waals surface area contributed by atoms with Gasteiger partial charge in [0.25, 0.3) is 5.91 Å². The van der Waals surface area contributed by atoms with Crippen LogP contribution in [0.15, 0.2) is 18.2 Å². The van der Waals surface area contributed by atoms with Crippen molar-refractivity contribution >= 4 is 11.9 Å². The summed E-state index contributed by atoms with van der Waals surface area (Å²) in [7, 11) is 1.36. The Morgan fingerprint density at radius 3 is 2.90 bits per heavy atom. The number of rotatable bonds is 2. The molecule has 106 valence electrons. The summed E-state index contributed by atoms with van der Waals surface area (Å²) < 4.78 is 10.1. The summed E-state index contributed by atoms with van der Waals surface area (Å²) in [6, 6.07) is 5.16. The van der Waals surface area contributed by atoms with Crippen molar-refractivity contribution in [3.05, 3.63) is 34.9 Å². The zero-order valence-corrected chi connectivity index (χ0v) is 11.4. The molecule has 0 radical (unpaired) electrons. The van der Waals surface area contributed by atoms with Crippen LogP contribution in [0.2, 0.25) is 0 Å². The van der Waals surface area contributed by atoms with Crippen LogP contribution in [0.1, 0.15) is 34.3 Å². The van der Waals surface area contributed by atoms with E-state index in [0.29, 0.717) is 31.7 Å². The summed E-state index contributed by atoms with van der Waals surface area (Å²) in [5.74, 6) is -0.437. The molecule has 5 heteroatoms. The van der Waals surface area contributed by atoms with Crippen molar-refractivity contribution in [1.29, 1.82) is 0 Å². The van der Waals surface area contributed by atoms with Crippen molar-refractivity contribution in [3.8, 4) is 0 Å². The van der Waals surface area contributed by atoms with Crippen LogP contribution in [0.25, 0.3) is 0 Å². The third-order valence-electron chi connectivity index (χ3n) is 3.96. The van der Waals surface area contributed by atoms with E-state index in [0.717, 1.165) is 17.5 Å². The third-order valence-corrected chi connectivity index (χ3v) is 3.96. The molecule has 1 fully saturated rings. The molecular formula is C15H17NO4. The first-order chi connectivity index (χ1) is 9.70. The molecule has 0 aromatic heterocycles. The molecule has 0 N–H and O–H groups in total. The van der Waals surface area contributed by atoms with Gasteiger partial charge < -0.3 is 14.4 Å². The molecule has 1 unspecified atom stereocenters. The molecule has 2 heterocycles. The summed E-state index contributed by atoms with van der Waals surface area (Å²) >= 11 is 0. The van der Waals surface area contributed by atoms with Crippen molar-refractivity contribution in [1.82, 2.24) is 4.90 Å². The van der Waals surface area contributed by atoms with Crippen molar-refractivity contribution in [2.24, 2.45) is 0 Å². The first-order valence-electron chi connectivity index (χ1n) is 6.79. The summed E-state index contributed by atoms with van der Waals surface area (Å²) in [4.78, 5) is 25.9. The fourth-order valence-corrected chi connectivity index (χ4v) is 2.86. The number of methoxy groups -OCH3 is 1. The normalized spacial score (nSPS) is 20.9. The lowest BCUT2D eigenvalue weighted by Crippen LogP contribution is -2.41. The maximum atomic E-state index is 12.6. The fourth-order valence-electron chi connectivity index (χ4n) is 2.86. The number of esters is 1. The number of likely N-dealkylation sites (tertiary alicyclic amines) is 1. The molecule has 1 aromatic rings. The summed E-state index contributed by atoms with van der Waals surface area (Å²) in [6.45, 7) is 1.77. The number of fused-ring (bicyclic) bond motifs is 1. The van der Waals surface area contributed by atoms with Crippen LogP contribution in [-0.2, 0) is 27.5 Å². The highest BCUT2D eigenvalue weighted by molar-refractivity contribution is 5.97. The fraction of sp³-hybridized carbons (Fsp3) is 0.467. The second kappa shape index (κ2) is 5.25. The first kappa shape index (κ1) is 13.1. The van der Waals surface area contributed by atoms with Crippen molar-refractivity contribution in [3.63, 3.8) is 0 Å². The van der Waals surface area contributed by atoms with Crippen molar-refractivity contribution in [2.75, 3.05) is 13.7 Å². The minimum atomic E-state index is -0.447. The molecule has 2 aliphatic rings. The van der Waals surface area contributed by atoms with Gasteiger partial charge in [0.05, 0.1) is 20.3 Å². The molecule has 0 saturated carbocycles. The van der Waals surface area contributed by atoms with Crippen LogP contribution in [-0.4, -0.2) is 36.5 Å². The number of benzene rings is 1. The van der Waals surface area contributed by atoms with Gasteiger partial charge in [0.1, 0.15) is 6.04 Å². The second-order valence-corrected chi connectivity index (χ2v) is 5.16. The topological polar surface area (TPSA) is 55.8 Å². The van der Waals surface area contributed by atoms with Gasteiger partial charge in [-0.15, -0.1) is 0 Å². The standard InChI is InChI=1S/C15H17NO4/c1-19-15(18)13-3-2-6-16(13)14(17)10-4-5-11-8-20-9-12(11)7-10/h4-5,7,13H,2-3,6,8-9H2,1H3. The molecule has 1 atom stereocenters. The molecule has 2 aliphatic heterocycles. The molecule has 3 rings (SSSR count). The van der Waals surface area contributed by atoms with E-state index in [1.807, 2.05) is 18.2 Å². The number of carbonyl (C=O) groups excluding carboxylic acids is 2. The number of ether oxygens (including phenoxy) is 2. The van der Waals surface area contributed by atoms with E-state index in [1.165, 1.54) is 7.11 Å². The van der Waals surface area contributed by atoms with Gasteiger partial charge in [-0.25, -0.2) is 4.79 Å². The number of hydrogen-bond donors (Lipinski definition) is 0. The Balaban J connectivity index is 1.83. The Morgan fingerprint density at radius 1 is 1.30 bits per heavy atom. The van der Waals surface area contributed by atoms with Gasteiger partial charge in [0.15, 0.2) is 0 Å². The predicted octanol–water partition coefficient (Wildman–Crippen LogP) is 1.49. The summed E-state index contributed by atoms with van der Waals surface area (Å²) in [6.07, 6.45) is 1.51. The van der Waals surface area contributed by atoms with Gasteiger partial charge in [-0.05, 0) is 36.1 Å². The minimum absolute atomic E-state index is 0.104. The number of carbonyl (C=O) groups is 2. The number of hydrogen-bond acceptors (Lipinski definition) is 4. The predicted molar refractivity (Wildman–Crippen MR) is 71.0 cm³/mol. The first-order valence-corrected chi connectivity index (χ1v) is 6.79. The van der Waals surface area contributed by atoms with E-state index in [1.54, 1.807) is 4.90 Å². The zero-order chi connectivity index (χ0) is 14.1. The summed E-state index contributed by atoms with van der Waals surface area (Å²) in [5.41, 5.74) is 2.81. The molecule has 5 nitrogen and oxygen atoms in total. The highest BCUT2D eigenvalue weighted by Gasteiger charge is 2.35. The van der Waals surface area contributed by atoms with Crippen molar-refractivity contribution in [2.45, 2.75) is 32.1 Å². The monoisotopic (exact) mass is 275 g/mol. The van der Waals surface area contributed by atoms with E-state index in [4.69, 9.17) is 9.47 Å². The van der Waals surface area contributed by atoms with E-state index in [2.05, 4.69) is 0 Å². The van der Waals surface area contributed by atoms with Crippen LogP contribution in [0, 0.1) is 0 Å². The van der Waals surface area contributed by atoms with Crippen LogP contribution < -0.4 is 0 Å². The molecule has 1 aromatic carbocycles. The van der Waals surface area contributed by atoms with Crippen molar-refractivity contribution < 1.29 is 19.1 Å². The Morgan fingerprint density at radius 2 is 2.10 bits per heavy atom. The average molecular weight is 275 g/mol. The molecule has 20 heavy (non-hydrogen) atoms. The maximum absolute atomic E-state index is 12.6. The number of amides is 1. The lowest BCUT2D eigenvalue weighted by atomic mass is 10.1. The zero-order valence-electron chi connectivity index (χ0n) is 11.4. The van der Waals surface area contributed by atoms with Crippen LogP contribution in [0.5, 0.6) is 0 Å². The minimum Gasteiger partial charge on any atom is -0.467 e. The smallest absolute Gasteiger partial charge is 0.328 e. The van der Waals surface area contributed by atoms with Gasteiger partial charge in [0, 0.05) is 12.1 Å². The number of nitrogens with zero attached hydrogens (tertiary/aromatic N) is 1. The SMILES string of the molecule is COC(=O)C1CCCN1C(=O)c1ccc2c(c1)COC2. The van der Waals surface area contributed by atoms with Crippen LogP contribution in [0.3, 0.4) is 0 Å². The Bertz CT molecular complexity index is 555. The highest BCUT2D eigenvalue weighted by atomic mass is 16.5. The van der Waals surface area contributed by atoms with E-state index < -0.39 is 6.04 Å². The van der Waals surface area contributed by atoms with E-state index in [-0.39, 0.29) is 11.9 Å². The molecule has 0 aliphatic carbocycles. The Kier molecular flexibility index (Phi) is 3.44. The van der Waals surface area contributed by atoms with Crippen LogP contribution in [0.4, 0.5) is 0 Å². The van der Waals surface area contributed by atoms with E-state index >= 15 is 0 Å². The van der Waals surface area contributed by atoms with Gasteiger partial charge >= 0.3 is 5.97 Å². The lowest BCUT2D eigenvalue weighted by molar-refractivity contribution is -0.145. The lowest BCUT2D eigenvalue weighted by Gasteiger charge is -2.22. The molecular weight excluding hydrogens is 258 g/mol. The molecule has 0 spiro atoms.